The van der Waals surface area contributed by atoms with Crippen molar-refractivity contribution in [3.8, 4) is 0 Å². The molecule has 0 fully saturated rings. The second-order valence-electron chi connectivity index (χ2n) is 4.01. The van der Waals surface area contributed by atoms with Crippen LogP contribution in [0.2, 0.25) is 0 Å². The quantitative estimate of drug-likeness (QED) is 0.603. The average molecular weight is 252 g/mol. The zero-order valence-electron chi connectivity index (χ0n) is 10.5. The minimum atomic E-state index is -3.17. The Balaban J connectivity index is 4.38. The van der Waals surface area contributed by atoms with Gasteiger partial charge in [-0.05, 0) is 33.2 Å². The predicted molar refractivity (Wildman–Crippen MR) is 65.8 cm³/mol. The van der Waals surface area contributed by atoms with Crippen LogP contribution in [0.4, 0.5) is 0 Å². The van der Waals surface area contributed by atoms with Gasteiger partial charge in [-0.25, -0.2) is 8.42 Å². The summed E-state index contributed by atoms with van der Waals surface area (Å²) in [5, 5.41) is 0. The van der Waals surface area contributed by atoms with Crippen molar-refractivity contribution in [1.82, 2.24) is 4.31 Å². The van der Waals surface area contributed by atoms with Crippen LogP contribution in [0.5, 0.6) is 0 Å². The minimum Gasteiger partial charge on any atom is -0.383 e. The summed E-state index contributed by atoms with van der Waals surface area (Å²) < 4.78 is 30.4. The summed E-state index contributed by atoms with van der Waals surface area (Å²) in [6.07, 6.45) is 1.37. The van der Waals surface area contributed by atoms with Gasteiger partial charge < -0.3 is 10.5 Å². The van der Waals surface area contributed by atoms with Crippen LogP contribution < -0.4 is 5.73 Å². The van der Waals surface area contributed by atoms with Crippen LogP contribution in [-0.4, -0.2) is 51.3 Å². The number of rotatable bonds is 9. The molecule has 0 amide bonds. The first kappa shape index (κ1) is 15.8. The van der Waals surface area contributed by atoms with Crippen molar-refractivity contribution in [2.24, 2.45) is 5.73 Å². The lowest BCUT2D eigenvalue weighted by Gasteiger charge is -2.25. The number of methoxy groups -OCH3 is 1. The van der Waals surface area contributed by atoms with Crippen LogP contribution in [0.15, 0.2) is 0 Å². The van der Waals surface area contributed by atoms with Gasteiger partial charge >= 0.3 is 0 Å². The molecule has 0 bridgehead atoms. The van der Waals surface area contributed by atoms with Crippen LogP contribution >= 0.6 is 0 Å². The van der Waals surface area contributed by atoms with Gasteiger partial charge in [0.05, 0.1) is 12.4 Å². The van der Waals surface area contributed by atoms with Gasteiger partial charge in [-0.3, -0.25) is 0 Å². The van der Waals surface area contributed by atoms with Crippen molar-refractivity contribution >= 4 is 10.0 Å². The van der Waals surface area contributed by atoms with Crippen molar-refractivity contribution in [1.29, 1.82) is 0 Å². The van der Waals surface area contributed by atoms with Gasteiger partial charge in [-0.15, -0.1) is 0 Å². The second-order valence-corrected chi connectivity index (χ2v) is 6.05. The van der Waals surface area contributed by atoms with E-state index in [0.29, 0.717) is 26.1 Å². The summed E-state index contributed by atoms with van der Waals surface area (Å²) in [6.45, 7) is 5.12. The highest BCUT2D eigenvalue weighted by atomic mass is 32.2. The van der Waals surface area contributed by atoms with Crippen LogP contribution in [0, 0.1) is 0 Å². The van der Waals surface area contributed by atoms with E-state index in [1.807, 2.05) is 13.8 Å². The number of hydrogen-bond donors (Lipinski definition) is 1. The molecule has 0 rings (SSSR count). The average Bonchev–Trinajstić information content (AvgIpc) is 2.17. The molecule has 0 aliphatic rings. The standard InChI is InChI=1S/C10H24N2O3S/c1-10(2)12(7-8-15-3)16(13,14)9-5-4-6-11/h10H,4-9,11H2,1-3H3. The fraction of sp³-hybridized carbons (Fsp3) is 1.00. The third-order valence-corrected chi connectivity index (χ3v) is 4.43. The molecule has 0 saturated heterocycles. The zero-order valence-corrected chi connectivity index (χ0v) is 11.3. The molecule has 0 saturated carbocycles. The Morgan fingerprint density at radius 3 is 2.38 bits per heavy atom. The molecule has 0 aliphatic heterocycles. The smallest absolute Gasteiger partial charge is 0.214 e. The summed E-state index contributed by atoms with van der Waals surface area (Å²) in [5.41, 5.74) is 5.35. The number of hydrogen-bond acceptors (Lipinski definition) is 4. The number of nitrogens with zero attached hydrogens (tertiary/aromatic N) is 1. The third kappa shape index (κ3) is 5.79. The van der Waals surface area contributed by atoms with Gasteiger partial charge in [0.15, 0.2) is 0 Å². The lowest BCUT2D eigenvalue weighted by Crippen LogP contribution is -2.40. The van der Waals surface area contributed by atoms with E-state index in [4.69, 9.17) is 10.5 Å². The van der Waals surface area contributed by atoms with Crippen molar-refractivity contribution in [3.63, 3.8) is 0 Å². The number of unbranched alkanes of at least 4 members (excludes halogenated alkanes) is 1. The van der Waals surface area contributed by atoms with Crippen molar-refractivity contribution < 1.29 is 13.2 Å². The summed E-state index contributed by atoms with van der Waals surface area (Å²) in [7, 11) is -1.60. The topological polar surface area (TPSA) is 72.6 Å². The minimum absolute atomic E-state index is 0.0296. The fourth-order valence-corrected chi connectivity index (χ4v) is 3.24. The van der Waals surface area contributed by atoms with E-state index < -0.39 is 10.0 Å². The van der Waals surface area contributed by atoms with E-state index in [-0.39, 0.29) is 11.8 Å². The maximum Gasteiger partial charge on any atom is 0.214 e. The van der Waals surface area contributed by atoms with Crippen LogP contribution in [0.1, 0.15) is 26.7 Å². The van der Waals surface area contributed by atoms with Gasteiger partial charge in [0, 0.05) is 19.7 Å². The van der Waals surface area contributed by atoms with E-state index in [0.717, 1.165) is 6.42 Å². The molecule has 0 spiro atoms. The summed E-state index contributed by atoms with van der Waals surface area (Å²) in [6, 6.07) is -0.0296. The second kappa shape index (κ2) is 8.00. The van der Waals surface area contributed by atoms with E-state index in [1.54, 1.807) is 7.11 Å². The molecule has 5 nitrogen and oxygen atoms in total. The largest absolute Gasteiger partial charge is 0.383 e. The molecule has 0 unspecified atom stereocenters. The molecular formula is C10H24N2O3S. The number of sulfonamides is 1. The maximum atomic E-state index is 12.0. The normalized spacial score (nSPS) is 12.6. The molecule has 98 valence electrons. The Hall–Kier alpha value is -0.170. The summed E-state index contributed by atoms with van der Waals surface area (Å²) >= 11 is 0. The molecule has 0 aromatic rings. The first-order valence-corrected chi connectivity index (χ1v) is 7.25. The Morgan fingerprint density at radius 2 is 1.94 bits per heavy atom. The van der Waals surface area contributed by atoms with E-state index in [9.17, 15) is 8.42 Å². The van der Waals surface area contributed by atoms with E-state index >= 15 is 0 Å². The molecule has 0 heterocycles. The molecule has 0 aromatic heterocycles. The molecule has 0 atom stereocenters. The molecule has 2 N–H and O–H groups in total. The SMILES string of the molecule is COCCN(C(C)C)S(=O)(=O)CCCCN. The molecule has 0 aromatic carbocycles. The van der Waals surface area contributed by atoms with Gasteiger partial charge in [-0.1, -0.05) is 0 Å². The van der Waals surface area contributed by atoms with Crippen molar-refractivity contribution in [2.45, 2.75) is 32.7 Å². The summed E-state index contributed by atoms with van der Waals surface area (Å²) in [4.78, 5) is 0. The lowest BCUT2D eigenvalue weighted by atomic mass is 10.3. The Kier molecular flexibility index (Phi) is 7.91. The molecule has 0 radical (unpaired) electrons. The first-order valence-electron chi connectivity index (χ1n) is 5.64. The van der Waals surface area contributed by atoms with Gasteiger partial charge in [0.1, 0.15) is 0 Å². The van der Waals surface area contributed by atoms with Crippen LogP contribution in [0.3, 0.4) is 0 Å². The van der Waals surface area contributed by atoms with Crippen LogP contribution in [0.25, 0.3) is 0 Å². The molecule has 16 heavy (non-hydrogen) atoms. The third-order valence-electron chi connectivity index (χ3n) is 2.31. The first-order chi connectivity index (χ1) is 7.45. The van der Waals surface area contributed by atoms with Crippen molar-refractivity contribution in [2.75, 3.05) is 32.6 Å². The predicted octanol–water partition coefficient (Wildman–Crippen LogP) is 0.412. The lowest BCUT2D eigenvalue weighted by molar-refractivity contribution is 0.171. The monoisotopic (exact) mass is 252 g/mol. The number of nitrogens with two attached hydrogens (primary N) is 1. The van der Waals surface area contributed by atoms with Crippen molar-refractivity contribution in [3.05, 3.63) is 0 Å². The molecule has 6 heteroatoms. The Bertz CT molecular complexity index is 265. The summed E-state index contributed by atoms with van der Waals surface area (Å²) in [5.74, 6) is 0.173. The van der Waals surface area contributed by atoms with Crippen LogP contribution in [-0.2, 0) is 14.8 Å². The zero-order chi connectivity index (χ0) is 12.6. The van der Waals surface area contributed by atoms with Gasteiger partial charge in [-0.2, -0.15) is 4.31 Å². The van der Waals surface area contributed by atoms with Gasteiger partial charge in [0.2, 0.25) is 10.0 Å². The highest BCUT2D eigenvalue weighted by Crippen LogP contribution is 2.09. The fourth-order valence-electron chi connectivity index (χ4n) is 1.45. The number of ether oxygens (including phenoxy) is 1. The molecular weight excluding hydrogens is 228 g/mol. The molecule has 0 aliphatic carbocycles. The van der Waals surface area contributed by atoms with E-state index in [1.165, 1.54) is 4.31 Å². The maximum absolute atomic E-state index is 12.0. The highest BCUT2D eigenvalue weighted by Gasteiger charge is 2.23. The van der Waals surface area contributed by atoms with Gasteiger partial charge in [0.25, 0.3) is 0 Å². The Morgan fingerprint density at radius 1 is 1.31 bits per heavy atom. The highest BCUT2D eigenvalue weighted by molar-refractivity contribution is 7.89. The Labute approximate surface area is 99.0 Å². The van der Waals surface area contributed by atoms with E-state index in [2.05, 4.69) is 0 Å².